The Morgan fingerprint density at radius 1 is 1.00 bits per heavy atom. The lowest BCUT2D eigenvalue weighted by Gasteiger charge is -2.04. The molecule has 0 bridgehead atoms. The second kappa shape index (κ2) is 10.2. The van der Waals surface area contributed by atoms with Crippen LogP contribution in [0.1, 0.15) is 28.1 Å². The highest BCUT2D eigenvalue weighted by molar-refractivity contribution is 7.98. The molecule has 0 N–H and O–H groups in total. The standard InChI is InChI=1S/C21H21ClN4OS/c1-15-3-5-17(6-4-15)13-27-23-12-11-20-16(2)25-26-21(24-20)28-14-18-7-9-19(22)10-8-18/h3-10,12H,11,13-14H2,1-2H3. The van der Waals surface area contributed by atoms with Crippen molar-refractivity contribution in [1.29, 1.82) is 0 Å². The zero-order chi connectivity index (χ0) is 19.8. The second-order valence-corrected chi connectivity index (χ2v) is 7.67. The molecule has 0 radical (unpaired) electrons. The van der Waals surface area contributed by atoms with E-state index in [1.54, 1.807) is 18.0 Å². The van der Waals surface area contributed by atoms with Gasteiger partial charge in [-0.1, -0.05) is 70.5 Å². The van der Waals surface area contributed by atoms with Gasteiger partial charge in [-0.15, -0.1) is 5.10 Å². The van der Waals surface area contributed by atoms with Crippen molar-refractivity contribution in [3.8, 4) is 0 Å². The summed E-state index contributed by atoms with van der Waals surface area (Å²) in [5.41, 5.74) is 5.11. The number of halogens is 1. The first-order valence-corrected chi connectivity index (χ1v) is 10.2. The average molecular weight is 413 g/mol. The summed E-state index contributed by atoms with van der Waals surface area (Å²) in [5.74, 6) is 0.759. The number of hydrogen-bond acceptors (Lipinski definition) is 6. The molecule has 0 saturated carbocycles. The first-order valence-electron chi connectivity index (χ1n) is 8.87. The van der Waals surface area contributed by atoms with E-state index in [4.69, 9.17) is 16.4 Å². The minimum absolute atomic E-state index is 0.444. The van der Waals surface area contributed by atoms with E-state index in [-0.39, 0.29) is 0 Å². The molecule has 0 saturated heterocycles. The van der Waals surface area contributed by atoms with Crippen molar-refractivity contribution in [2.45, 2.75) is 37.8 Å². The summed E-state index contributed by atoms with van der Waals surface area (Å²) in [6.07, 6.45) is 2.25. The molecule has 1 heterocycles. The van der Waals surface area contributed by atoms with E-state index in [1.165, 1.54) is 5.56 Å². The van der Waals surface area contributed by atoms with Crippen molar-refractivity contribution in [2.24, 2.45) is 5.16 Å². The second-order valence-electron chi connectivity index (χ2n) is 6.29. The van der Waals surface area contributed by atoms with Crippen LogP contribution in [0.5, 0.6) is 0 Å². The average Bonchev–Trinajstić information content (AvgIpc) is 2.70. The Morgan fingerprint density at radius 3 is 2.46 bits per heavy atom. The van der Waals surface area contributed by atoms with Gasteiger partial charge in [0.2, 0.25) is 5.16 Å². The van der Waals surface area contributed by atoms with Gasteiger partial charge in [0.1, 0.15) is 6.61 Å². The third-order valence-electron chi connectivity index (χ3n) is 4.00. The molecule has 0 aliphatic heterocycles. The van der Waals surface area contributed by atoms with Crippen LogP contribution < -0.4 is 0 Å². The molecule has 7 heteroatoms. The molecule has 144 valence electrons. The maximum absolute atomic E-state index is 5.91. The van der Waals surface area contributed by atoms with Gasteiger partial charge in [-0.2, -0.15) is 5.10 Å². The number of oxime groups is 1. The van der Waals surface area contributed by atoms with Crippen LogP contribution in [0.3, 0.4) is 0 Å². The topological polar surface area (TPSA) is 60.3 Å². The van der Waals surface area contributed by atoms with Crippen molar-refractivity contribution in [3.05, 3.63) is 81.6 Å². The third kappa shape index (κ3) is 6.32. The zero-order valence-corrected chi connectivity index (χ0v) is 17.4. The molecule has 0 spiro atoms. The molecule has 3 aromatic rings. The zero-order valence-electron chi connectivity index (χ0n) is 15.8. The number of rotatable bonds is 8. The van der Waals surface area contributed by atoms with Crippen LogP contribution in [0, 0.1) is 13.8 Å². The molecule has 28 heavy (non-hydrogen) atoms. The highest BCUT2D eigenvalue weighted by Crippen LogP contribution is 2.20. The van der Waals surface area contributed by atoms with Crippen molar-refractivity contribution >= 4 is 29.6 Å². The van der Waals surface area contributed by atoms with Crippen LogP contribution in [0.2, 0.25) is 5.02 Å². The number of nitrogens with zero attached hydrogens (tertiary/aromatic N) is 4. The summed E-state index contributed by atoms with van der Waals surface area (Å²) >= 11 is 7.46. The van der Waals surface area contributed by atoms with Crippen LogP contribution in [-0.4, -0.2) is 21.4 Å². The van der Waals surface area contributed by atoms with Gasteiger partial charge in [0.15, 0.2) is 0 Å². The molecule has 3 rings (SSSR count). The van der Waals surface area contributed by atoms with Crippen molar-refractivity contribution in [2.75, 3.05) is 0 Å². The van der Waals surface area contributed by atoms with Crippen molar-refractivity contribution in [1.82, 2.24) is 15.2 Å². The molecule has 5 nitrogen and oxygen atoms in total. The minimum atomic E-state index is 0.444. The van der Waals surface area contributed by atoms with Gasteiger partial charge in [-0.05, 0) is 37.1 Å². The highest BCUT2D eigenvalue weighted by Gasteiger charge is 2.06. The maximum atomic E-state index is 5.91. The molecule has 0 aliphatic rings. The summed E-state index contributed by atoms with van der Waals surface area (Å²) in [6, 6.07) is 15.9. The van der Waals surface area contributed by atoms with Crippen LogP contribution >= 0.6 is 23.4 Å². The SMILES string of the molecule is Cc1ccc(CON=CCc2nc(SCc3ccc(Cl)cc3)nnc2C)cc1. The lowest BCUT2D eigenvalue weighted by Crippen LogP contribution is -2.03. The maximum Gasteiger partial charge on any atom is 0.209 e. The highest BCUT2D eigenvalue weighted by atomic mass is 35.5. The van der Waals surface area contributed by atoms with E-state index in [1.807, 2.05) is 43.3 Å². The number of hydrogen-bond donors (Lipinski definition) is 0. The number of aromatic nitrogens is 3. The van der Waals surface area contributed by atoms with E-state index < -0.39 is 0 Å². The van der Waals surface area contributed by atoms with Gasteiger partial charge in [0.05, 0.1) is 11.4 Å². The molecule has 0 amide bonds. The number of thioether (sulfide) groups is 1. The van der Waals surface area contributed by atoms with Crippen LogP contribution in [0.15, 0.2) is 58.8 Å². The predicted octanol–water partition coefficient (Wildman–Crippen LogP) is 5.18. The summed E-state index contributed by atoms with van der Waals surface area (Å²) in [6.45, 7) is 4.40. The van der Waals surface area contributed by atoms with Crippen LogP contribution in [0.4, 0.5) is 0 Å². The molecular weight excluding hydrogens is 392 g/mol. The largest absolute Gasteiger partial charge is 0.391 e. The van der Waals surface area contributed by atoms with E-state index in [0.717, 1.165) is 33.3 Å². The van der Waals surface area contributed by atoms with Crippen LogP contribution in [0.25, 0.3) is 0 Å². The molecule has 0 unspecified atom stereocenters. The fraction of sp³-hybridized carbons (Fsp3) is 0.238. The molecule has 0 fully saturated rings. The van der Waals surface area contributed by atoms with E-state index in [9.17, 15) is 0 Å². The Hall–Kier alpha value is -2.44. The first kappa shape index (κ1) is 20.3. The van der Waals surface area contributed by atoms with E-state index in [2.05, 4.69) is 39.4 Å². The Labute approximate surface area is 174 Å². The fourth-order valence-electron chi connectivity index (χ4n) is 2.35. The fourth-order valence-corrected chi connectivity index (χ4v) is 3.24. The molecule has 2 aromatic carbocycles. The lowest BCUT2D eigenvalue weighted by atomic mass is 10.2. The monoisotopic (exact) mass is 412 g/mol. The summed E-state index contributed by atoms with van der Waals surface area (Å²) in [4.78, 5) is 9.94. The Bertz CT molecular complexity index is 930. The summed E-state index contributed by atoms with van der Waals surface area (Å²) < 4.78 is 0. The number of aryl methyl sites for hydroxylation is 2. The van der Waals surface area contributed by atoms with Crippen LogP contribution in [-0.2, 0) is 23.6 Å². The Balaban J connectivity index is 1.51. The van der Waals surface area contributed by atoms with Gasteiger partial charge >= 0.3 is 0 Å². The Kier molecular flexibility index (Phi) is 7.39. The number of benzene rings is 2. The van der Waals surface area contributed by atoms with E-state index >= 15 is 0 Å². The van der Waals surface area contributed by atoms with Gasteiger partial charge in [0, 0.05) is 23.4 Å². The molecule has 1 aromatic heterocycles. The molecule has 0 aliphatic carbocycles. The van der Waals surface area contributed by atoms with Crippen molar-refractivity contribution in [3.63, 3.8) is 0 Å². The van der Waals surface area contributed by atoms with Gasteiger partial charge in [-0.3, -0.25) is 0 Å². The summed E-state index contributed by atoms with van der Waals surface area (Å²) in [5, 5.41) is 13.8. The van der Waals surface area contributed by atoms with Gasteiger partial charge < -0.3 is 4.84 Å². The quantitative estimate of drug-likeness (QED) is 0.290. The minimum Gasteiger partial charge on any atom is -0.391 e. The van der Waals surface area contributed by atoms with Crippen molar-refractivity contribution < 1.29 is 4.84 Å². The predicted molar refractivity (Wildman–Crippen MR) is 114 cm³/mol. The lowest BCUT2D eigenvalue weighted by molar-refractivity contribution is 0.131. The van der Waals surface area contributed by atoms with Gasteiger partial charge in [-0.25, -0.2) is 4.98 Å². The molecular formula is C21H21ClN4OS. The molecule has 0 atom stereocenters. The summed E-state index contributed by atoms with van der Waals surface area (Å²) in [7, 11) is 0. The first-order chi connectivity index (χ1) is 13.6. The normalized spacial score (nSPS) is 11.1. The van der Waals surface area contributed by atoms with E-state index in [0.29, 0.717) is 18.2 Å². The third-order valence-corrected chi connectivity index (χ3v) is 5.16. The van der Waals surface area contributed by atoms with Gasteiger partial charge in [0.25, 0.3) is 0 Å². The Morgan fingerprint density at radius 2 is 1.71 bits per heavy atom. The smallest absolute Gasteiger partial charge is 0.209 e.